The van der Waals surface area contributed by atoms with Crippen molar-refractivity contribution in [2.24, 2.45) is 0 Å². The van der Waals surface area contributed by atoms with E-state index >= 15 is 0 Å². The number of ether oxygens (including phenoxy) is 8. The molecule has 0 radical (unpaired) electrons. The topological polar surface area (TPSA) is 350 Å². The lowest BCUT2D eigenvalue weighted by Gasteiger charge is -2.12. The maximum Gasteiger partial charge on any atom is 0.310 e. The number of Topliss-reactive ketones (excluding diaryl/α,β-unsaturated/α-hetero) is 1. The van der Waals surface area contributed by atoms with Crippen LogP contribution in [0.15, 0.2) is 281 Å². The van der Waals surface area contributed by atoms with E-state index in [9.17, 15) is 33.6 Å². The van der Waals surface area contributed by atoms with E-state index in [1.165, 1.54) is 54.7 Å². The number of ketones is 1. The molecule has 6 aromatic heterocycles. The third kappa shape index (κ3) is 25.7. The lowest BCUT2D eigenvalue weighted by molar-refractivity contribution is -0.134. The molecule has 0 bridgehead atoms. The first-order chi connectivity index (χ1) is 65.7. The van der Waals surface area contributed by atoms with Crippen LogP contribution in [0, 0.1) is 42.1 Å². The SMILES string of the molecule is CC(=O)Oc1cc(C(C)=O)c(-c2nc3ccccc3c(=S)o2)cc1C.CC(=O)Oc1ccc(-c2nc3ccc(C)cc3c(=S)o2)cc1.CC(=O)Oc1ccc(-c2nc3ccc(Cl)cc3c(=S)o2)cc1.CC(=O)Oc1ccc(-c2nc3ccccc3c(=S)o2)cc1.CCC(=O)Oc1ccc(-c2nc3ccccc3c(=S)o2)c(OC)c1.COc1cccc2c(=S)oc(-c3ccc(OC(C)=O)cc3)nc12. The molecule has 0 fully saturated rings. The van der Waals surface area contributed by atoms with Crippen LogP contribution in [0.4, 0.5) is 0 Å². The van der Waals surface area contributed by atoms with Crippen LogP contribution in [0.3, 0.4) is 0 Å². The lowest BCUT2D eigenvalue weighted by Crippen LogP contribution is -2.06. The smallest absolute Gasteiger partial charge is 0.310 e. The quantitative estimate of drug-likeness (QED) is 0.0375. The third-order valence-corrected chi connectivity index (χ3v) is 21.4. The number of fused-ring (bicyclic) bond motifs is 6. The summed E-state index contributed by atoms with van der Waals surface area (Å²) in [5.74, 6) is 3.56. The summed E-state index contributed by atoms with van der Waals surface area (Å²) in [6.07, 6.45) is 0.297. The van der Waals surface area contributed by atoms with Crippen LogP contribution in [0.2, 0.25) is 5.02 Å². The molecule has 0 N–H and O–H groups in total. The van der Waals surface area contributed by atoms with Crippen molar-refractivity contribution in [3.05, 3.63) is 305 Å². The number of aryl methyl sites for hydroxylation is 2. The Morgan fingerprint density at radius 3 is 1.05 bits per heavy atom. The normalized spacial score (nSPS) is 10.6. The number of hydrogen-bond acceptors (Lipinski definition) is 33. The highest BCUT2D eigenvalue weighted by Gasteiger charge is 2.22. The van der Waals surface area contributed by atoms with Crippen molar-refractivity contribution in [3.63, 3.8) is 0 Å². The van der Waals surface area contributed by atoms with Crippen molar-refractivity contribution >= 4 is 192 Å². The van der Waals surface area contributed by atoms with Crippen LogP contribution in [0.1, 0.15) is 76.4 Å². The van der Waals surface area contributed by atoms with Gasteiger partial charge in [0, 0.05) is 85.5 Å². The molecule has 18 aromatic rings. The van der Waals surface area contributed by atoms with E-state index in [1.807, 2.05) is 116 Å². The number of para-hydroxylation sites is 4. The Balaban J connectivity index is 0.000000139. The van der Waals surface area contributed by atoms with Gasteiger partial charge in [0.2, 0.25) is 63.6 Å². The molecule has 0 saturated carbocycles. The van der Waals surface area contributed by atoms with Crippen molar-refractivity contribution in [1.82, 2.24) is 29.9 Å². The Hall–Kier alpha value is -15.6. The first-order valence-corrected chi connectivity index (χ1v) is 44.2. The van der Waals surface area contributed by atoms with E-state index in [2.05, 4.69) is 29.9 Å². The van der Waals surface area contributed by atoms with Crippen LogP contribution >= 0.6 is 84.9 Å². The summed E-state index contributed by atoms with van der Waals surface area (Å²) in [6, 6.07) is 74.9. The van der Waals surface area contributed by atoms with Gasteiger partial charge in [-0.25, -0.2) is 29.9 Å². The van der Waals surface area contributed by atoms with Gasteiger partial charge in [0.15, 0.2) is 5.78 Å². The van der Waals surface area contributed by atoms with E-state index in [1.54, 1.807) is 160 Å². The zero-order valence-corrected chi connectivity index (χ0v) is 80.2. The summed E-state index contributed by atoms with van der Waals surface area (Å²) in [5, 5.41) is 5.15. The fourth-order valence-electron chi connectivity index (χ4n) is 13.1. The fraction of sp³-hybridized carbons (Fsp3) is 0.117. The molecule has 0 unspecified atom stereocenters. The number of carbonyl (C=O) groups excluding carboxylic acids is 7. The molecule has 6 heterocycles. The van der Waals surface area contributed by atoms with E-state index < -0.39 is 5.97 Å². The Kier molecular flexibility index (Phi) is 32.8. The lowest BCUT2D eigenvalue weighted by atomic mass is 10.0. The Morgan fingerprint density at radius 2 is 0.650 bits per heavy atom. The van der Waals surface area contributed by atoms with Crippen LogP contribution in [0.5, 0.6) is 46.0 Å². The first-order valence-electron chi connectivity index (χ1n) is 41.3. The number of halogens is 1. The van der Waals surface area contributed by atoms with Gasteiger partial charge in [-0.15, -0.1) is 0 Å². The number of methoxy groups -OCH3 is 2. The maximum atomic E-state index is 12.1. The second kappa shape index (κ2) is 45.4. The number of benzene rings is 12. The number of nitrogens with zero attached hydrogens (tertiary/aromatic N) is 6. The van der Waals surface area contributed by atoms with E-state index in [4.69, 9.17) is 149 Å². The van der Waals surface area contributed by atoms with Gasteiger partial charge < -0.3 is 64.4 Å². The molecule has 0 aliphatic heterocycles. The summed E-state index contributed by atoms with van der Waals surface area (Å²) in [7, 11) is 3.11. The van der Waals surface area contributed by atoms with Gasteiger partial charge >= 0.3 is 35.8 Å². The number of rotatable bonds is 16. The molecule has 0 atom stereocenters. The molecule has 0 saturated heterocycles. The van der Waals surface area contributed by atoms with Gasteiger partial charge in [-0.2, -0.15) is 0 Å². The van der Waals surface area contributed by atoms with Gasteiger partial charge in [-0.3, -0.25) is 33.6 Å². The summed E-state index contributed by atoms with van der Waals surface area (Å²) in [6.45, 7) is 13.7. The molecule has 0 amide bonds. The zero-order valence-electron chi connectivity index (χ0n) is 74.5. The molecule has 137 heavy (non-hydrogen) atoms. The molecular formula is C103H77ClN6O21S6. The highest BCUT2D eigenvalue weighted by molar-refractivity contribution is 7.72. The molecule has 688 valence electrons. The predicted molar refractivity (Wildman–Crippen MR) is 532 cm³/mol. The monoisotopic (exact) mass is 1960 g/mol. The highest BCUT2D eigenvalue weighted by Crippen LogP contribution is 2.38. The van der Waals surface area contributed by atoms with Crippen molar-refractivity contribution < 1.29 is 98.0 Å². The Bertz CT molecular complexity index is 7960. The van der Waals surface area contributed by atoms with E-state index in [0.717, 1.165) is 71.3 Å². The van der Waals surface area contributed by atoms with Gasteiger partial charge in [0.25, 0.3) is 0 Å². The van der Waals surface area contributed by atoms with Crippen LogP contribution in [-0.2, 0) is 28.8 Å². The summed E-state index contributed by atoms with van der Waals surface area (Å²) >= 11 is 37.7. The van der Waals surface area contributed by atoms with Gasteiger partial charge in [-0.05, 0) is 300 Å². The molecule has 0 aliphatic rings. The minimum Gasteiger partial charge on any atom is -0.496 e. The molecule has 34 heteroatoms. The average molecular weight is 1960 g/mol. The molecule has 18 rings (SSSR count). The van der Waals surface area contributed by atoms with Gasteiger partial charge in [0.05, 0.1) is 79.7 Å². The second-order valence-corrected chi connectivity index (χ2v) is 32.1. The average Bonchev–Trinajstić information content (AvgIpc) is 0.796. The largest absolute Gasteiger partial charge is 0.496 e. The minimum absolute atomic E-state index is 0.195. The van der Waals surface area contributed by atoms with Crippen molar-refractivity contribution in [2.45, 2.75) is 68.7 Å². The number of esters is 6. The Morgan fingerprint density at radius 1 is 0.307 bits per heavy atom. The predicted octanol–water partition coefficient (Wildman–Crippen LogP) is 26.8. The maximum absolute atomic E-state index is 12.1. The van der Waals surface area contributed by atoms with Gasteiger partial charge in [-0.1, -0.05) is 72.6 Å². The molecular weight excluding hydrogens is 1890 g/mol. The standard InChI is InChI=1S/C19H15NO4S.C18H15NO4S.C17H13NO4S.C17H13NO3S.C16H10ClNO3S.C16H11NO3S/c1-10-8-15(14(11(2)21)9-17(10)23-12(3)22)18-20-16-7-5-4-6-13(16)19(25)24-18;1-3-16(20)22-11-8-9-13(15(10-11)21-2)17-19-14-7-5-4-6-12(14)18(24)23-17;1-10(19)21-12-8-6-11(7-9-12)16-18-15-13(17(23)22-16)4-3-5-14(15)20-2;1-10-3-8-15-14(9-10)17(22)21-16(18-15)12-4-6-13(7-5-12)20-11(2)19;1-9(19)20-12-5-2-10(3-6-12)15-18-14-7-4-11(17)8-13(14)16(22)21-15;1-10(18)19-12-8-6-11(7-9-12)15-17-14-5-3-2-4-13(14)16(21)20-15/h4-9H,1-3H3;4-10H,3H2,1-2H3;3-9H,1-2H3;3-9H,1-2H3;2-8H,1H3;2-9H,1H3. The van der Waals surface area contributed by atoms with Crippen LogP contribution in [0.25, 0.3) is 134 Å². The fourth-order valence-corrected chi connectivity index (χ4v) is 14.8. The highest BCUT2D eigenvalue weighted by atomic mass is 35.5. The van der Waals surface area contributed by atoms with Crippen molar-refractivity contribution in [1.29, 1.82) is 0 Å². The molecule has 27 nitrogen and oxygen atoms in total. The molecule has 0 aliphatic carbocycles. The number of carbonyl (C=O) groups is 7. The van der Waals surface area contributed by atoms with E-state index in [0.29, 0.717) is 159 Å². The summed E-state index contributed by atoms with van der Waals surface area (Å²) in [5.41, 5.74) is 10.6. The third-order valence-electron chi connectivity index (χ3n) is 19.4. The number of aromatic nitrogens is 6. The zero-order chi connectivity index (χ0) is 97.8. The molecule has 0 spiro atoms. The first kappa shape index (κ1) is 98.9. The van der Waals surface area contributed by atoms with E-state index in [-0.39, 0.29) is 41.5 Å². The van der Waals surface area contributed by atoms with Crippen molar-refractivity contribution in [3.8, 4) is 115 Å². The second-order valence-electron chi connectivity index (χ2n) is 29.4. The van der Waals surface area contributed by atoms with Crippen LogP contribution in [-0.4, -0.2) is 85.7 Å². The Labute approximate surface area is 816 Å². The summed E-state index contributed by atoms with van der Waals surface area (Å²) in [4.78, 5) is 105. The molecule has 12 aromatic carbocycles. The van der Waals surface area contributed by atoms with Gasteiger partial charge in [0.1, 0.15) is 51.5 Å². The number of hydrogen-bond donors (Lipinski definition) is 0. The van der Waals surface area contributed by atoms with Crippen molar-refractivity contribution in [2.75, 3.05) is 14.2 Å². The minimum atomic E-state index is -0.452. The van der Waals surface area contributed by atoms with Crippen LogP contribution < -0.4 is 37.9 Å². The summed E-state index contributed by atoms with van der Waals surface area (Å²) < 4.78 is 77.0.